The van der Waals surface area contributed by atoms with Crippen LogP contribution in [0.2, 0.25) is 0 Å². The molecule has 0 radical (unpaired) electrons. The molecule has 5 heteroatoms. The molecule has 2 rings (SSSR count). The number of nitrogens with one attached hydrogen (secondary N) is 1. The molecule has 0 aromatic heterocycles. The van der Waals surface area contributed by atoms with E-state index in [9.17, 15) is 13.2 Å². The minimum atomic E-state index is -4.19. The second kappa shape index (κ2) is 4.33. The van der Waals surface area contributed by atoms with Gasteiger partial charge in [-0.3, -0.25) is 0 Å². The summed E-state index contributed by atoms with van der Waals surface area (Å²) >= 11 is 0. The normalized spacial score (nSPS) is 22.2. The number of piperazine rings is 1. The average Bonchev–Trinajstić information content (AvgIpc) is 2.29. The Hall–Kier alpha value is -1.23. The zero-order valence-electron chi connectivity index (χ0n) is 8.67. The number of nitrogens with zero attached hydrogens (tertiary/aromatic N) is 1. The van der Waals surface area contributed by atoms with Gasteiger partial charge in [-0.1, -0.05) is 18.2 Å². The number of para-hydroxylation sites is 1. The highest BCUT2D eigenvalue weighted by Gasteiger charge is 2.44. The van der Waals surface area contributed by atoms with Crippen LogP contribution >= 0.6 is 0 Å². The van der Waals surface area contributed by atoms with Crippen LogP contribution in [0.15, 0.2) is 30.3 Å². The zero-order chi connectivity index (χ0) is 11.6. The van der Waals surface area contributed by atoms with E-state index in [2.05, 4.69) is 5.32 Å². The van der Waals surface area contributed by atoms with Gasteiger partial charge in [0.05, 0.1) is 0 Å². The van der Waals surface area contributed by atoms with Crippen molar-refractivity contribution < 1.29 is 13.2 Å². The second-order valence-corrected chi connectivity index (χ2v) is 3.79. The van der Waals surface area contributed by atoms with Gasteiger partial charge in [0.1, 0.15) is 6.04 Å². The fourth-order valence-corrected chi connectivity index (χ4v) is 1.93. The fourth-order valence-electron chi connectivity index (χ4n) is 1.93. The summed E-state index contributed by atoms with van der Waals surface area (Å²) in [7, 11) is 0. The van der Waals surface area contributed by atoms with E-state index in [0.717, 1.165) is 0 Å². The van der Waals surface area contributed by atoms with Gasteiger partial charge in [0.15, 0.2) is 0 Å². The van der Waals surface area contributed by atoms with Crippen LogP contribution in [0.25, 0.3) is 0 Å². The summed E-state index contributed by atoms with van der Waals surface area (Å²) in [6.45, 7) is 0.925. The lowest BCUT2D eigenvalue weighted by molar-refractivity contribution is -0.149. The summed E-state index contributed by atoms with van der Waals surface area (Å²) < 4.78 is 38.4. The predicted molar refractivity (Wildman–Crippen MR) is 56.5 cm³/mol. The van der Waals surface area contributed by atoms with E-state index in [4.69, 9.17) is 0 Å². The number of benzene rings is 1. The van der Waals surface area contributed by atoms with Crippen molar-refractivity contribution in [2.24, 2.45) is 0 Å². The molecule has 1 fully saturated rings. The van der Waals surface area contributed by atoms with Crippen LogP contribution in [-0.2, 0) is 0 Å². The Morgan fingerprint density at radius 1 is 1.19 bits per heavy atom. The first kappa shape index (κ1) is 11.3. The largest absolute Gasteiger partial charge is 0.409 e. The fraction of sp³-hybridized carbons (Fsp3) is 0.455. The highest BCUT2D eigenvalue weighted by atomic mass is 19.4. The van der Waals surface area contributed by atoms with Crippen molar-refractivity contribution in [3.63, 3.8) is 0 Å². The van der Waals surface area contributed by atoms with Crippen LogP contribution in [0.4, 0.5) is 18.9 Å². The Labute approximate surface area is 92.1 Å². The molecule has 0 amide bonds. The van der Waals surface area contributed by atoms with Crippen LogP contribution in [0.5, 0.6) is 0 Å². The first-order valence-electron chi connectivity index (χ1n) is 5.18. The van der Waals surface area contributed by atoms with Gasteiger partial charge >= 0.3 is 6.18 Å². The molecule has 1 aliphatic heterocycles. The molecule has 1 aromatic carbocycles. The Kier molecular flexibility index (Phi) is 3.05. The van der Waals surface area contributed by atoms with Crippen LogP contribution < -0.4 is 10.2 Å². The maximum Gasteiger partial charge on any atom is 0.409 e. The van der Waals surface area contributed by atoms with Crippen molar-refractivity contribution in [3.8, 4) is 0 Å². The maximum absolute atomic E-state index is 12.8. The van der Waals surface area contributed by atoms with E-state index in [1.165, 1.54) is 4.90 Å². The average molecular weight is 230 g/mol. The second-order valence-electron chi connectivity index (χ2n) is 3.79. The van der Waals surface area contributed by atoms with E-state index >= 15 is 0 Å². The molecular weight excluding hydrogens is 217 g/mol. The van der Waals surface area contributed by atoms with Gasteiger partial charge in [-0.05, 0) is 12.1 Å². The molecule has 1 heterocycles. The first-order valence-corrected chi connectivity index (χ1v) is 5.18. The predicted octanol–water partition coefficient (Wildman–Crippen LogP) is 2.03. The minimum absolute atomic E-state index is 0.0433. The van der Waals surface area contributed by atoms with Gasteiger partial charge in [0, 0.05) is 25.3 Å². The van der Waals surface area contributed by atoms with E-state index in [1.807, 2.05) is 0 Å². The van der Waals surface area contributed by atoms with Crippen molar-refractivity contribution in [1.29, 1.82) is 0 Å². The SMILES string of the molecule is FC(F)(F)C1CNCCN1c1ccccc1. The zero-order valence-corrected chi connectivity index (χ0v) is 8.67. The molecule has 1 atom stereocenters. The smallest absolute Gasteiger partial charge is 0.357 e. The van der Waals surface area contributed by atoms with E-state index in [1.54, 1.807) is 30.3 Å². The first-order chi connectivity index (χ1) is 7.59. The quantitative estimate of drug-likeness (QED) is 0.794. The van der Waals surface area contributed by atoms with Crippen molar-refractivity contribution >= 4 is 5.69 Å². The Morgan fingerprint density at radius 2 is 1.88 bits per heavy atom. The monoisotopic (exact) mass is 230 g/mol. The third-order valence-corrected chi connectivity index (χ3v) is 2.71. The van der Waals surface area contributed by atoms with Crippen LogP contribution in [0, 0.1) is 0 Å². The summed E-state index contributed by atoms with van der Waals surface area (Å²) in [5.41, 5.74) is 0.631. The number of hydrogen-bond acceptors (Lipinski definition) is 2. The number of anilines is 1. The van der Waals surface area contributed by atoms with Crippen LogP contribution in [0.1, 0.15) is 0 Å². The molecule has 2 nitrogen and oxygen atoms in total. The molecule has 0 bridgehead atoms. The lowest BCUT2D eigenvalue weighted by Crippen LogP contribution is -2.58. The van der Waals surface area contributed by atoms with Crippen molar-refractivity contribution in [2.45, 2.75) is 12.2 Å². The third-order valence-electron chi connectivity index (χ3n) is 2.71. The number of rotatable bonds is 1. The molecule has 1 unspecified atom stereocenters. The molecule has 1 N–H and O–H groups in total. The summed E-state index contributed by atoms with van der Waals surface area (Å²) in [4.78, 5) is 1.41. The summed E-state index contributed by atoms with van der Waals surface area (Å²) in [6.07, 6.45) is -4.19. The molecule has 0 saturated carbocycles. The standard InChI is InChI=1S/C11H13F3N2/c12-11(13,14)10-8-15-6-7-16(10)9-4-2-1-3-5-9/h1-5,10,15H,6-8H2. The van der Waals surface area contributed by atoms with Gasteiger partial charge in [0.2, 0.25) is 0 Å². The number of hydrogen-bond donors (Lipinski definition) is 1. The van der Waals surface area contributed by atoms with E-state index in [0.29, 0.717) is 18.8 Å². The summed E-state index contributed by atoms with van der Waals surface area (Å²) in [6, 6.07) is 7.31. The molecule has 0 aliphatic carbocycles. The lowest BCUT2D eigenvalue weighted by atomic mass is 10.1. The molecule has 0 spiro atoms. The minimum Gasteiger partial charge on any atom is -0.357 e. The van der Waals surface area contributed by atoms with E-state index < -0.39 is 12.2 Å². The highest BCUT2D eigenvalue weighted by Crippen LogP contribution is 2.29. The van der Waals surface area contributed by atoms with Gasteiger partial charge in [-0.2, -0.15) is 13.2 Å². The Morgan fingerprint density at radius 3 is 2.50 bits per heavy atom. The number of alkyl halides is 3. The van der Waals surface area contributed by atoms with Crippen LogP contribution in [0.3, 0.4) is 0 Å². The van der Waals surface area contributed by atoms with Crippen molar-refractivity contribution in [1.82, 2.24) is 5.32 Å². The van der Waals surface area contributed by atoms with Crippen LogP contribution in [-0.4, -0.2) is 31.9 Å². The Balaban J connectivity index is 2.24. The van der Waals surface area contributed by atoms with Crippen molar-refractivity contribution in [3.05, 3.63) is 30.3 Å². The highest BCUT2D eigenvalue weighted by molar-refractivity contribution is 5.48. The lowest BCUT2D eigenvalue weighted by Gasteiger charge is -2.38. The molecule has 1 aliphatic rings. The maximum atomic E-state index is 12.8. The van der Waals surface area contributed by atoms with Crippen molar-refractivity contribution in [2.75, 3.05) is 24.5 Å². The van der Waals surface area contributed by atoms with Gasteiger partial charge < -0.3 is 10.2 Å². The van der Waals surface area contributed by atoms with Gasteiger partial charge in [0.25, 0.3) is 0 Å². The molecular formula is C11H13F3N2. The molecule has 1 aromatic rings. The third kappa shape index (κ3) is 2.29. The Bertz CT molecular complexity index is 337. The number of halogens is 3. The molecule has 16 heavy (non-hydrogen) atoms. The van der Waals surface area contributed by atoms with Gasteiger partial charge in [-0.25, -0.2) is 0 Å². The van der Waals surface area contributed by atoms with Gasteiger partial charge in [-0.15, -0.1) is 0 Å². The summed E-state index contributed by atoms with van der Waals surface area (Å²) in [5, 5.41) is 2.78. The molecule has 88 valence electrons. The molecule has 1 saturated heterocycles. The summed E-state index contributed by atoms with van der Waals surface area (Å²) in [5.74, 6) is 0. The topological polar surface area (TPSA) is 15.3 Å². The van der Waals surface area contributed by atoms with E-state index in [-0.39, 0.29) is 6.54 Å².